The van der Waals surface area contributed by atoms with Gasteiger partial charge in [-0.05, 0) is 51.8 Å². The predicted molar refractivity (Wildman–Crippen MR) is 72.1 cm³/mol. The molecule has 2 rings (SSSR count). The third-order valence-corrected chi connectivity index (χ3v) is 4.76. The van der Waals surface area contributed by atoms with Gasteiger partial charge in [-0.2, -0.15) is 0 Å². The summed E-state index contributed by atoms with van der Waals surface area (Å²) >= 11 is 2.06. The van der Waals surface area contributed by atoms with Crippen LogP contribution in [0.5, 0.6) is 0 Å². The van der Waals surface area contributed by atoms with Crippen molar-refractivity contribution in [3.63, 3.8) is 0 Å². The lowest BCUT2D eigenvalue weighted by Gasteiger charge is -2.27. The zero-order valence-electron chi connectivity index (χ0n) is 10.2. The average molecular weight is 235 g/mol. The molecular formula is C14H21NS. The van der Waals surface area contributed by atoms with Crippen LogP contribution < -0.4 is 5.32 Å². The van der Waals surface area contributed by atoms with Crippen molar-refractivity contribution < 1.29 is 0 Å². The van der Waals surface area contributed by atoms with Gasteiger partial charge in [0.2, 0.25) is 0 Å². The molecule has 2 heteroatoms. The maximum Gasteiger partial charge on any atom is 0.00955 e. The minimum Gasteiger partial charge on any atom is -0.317 e. The van der Waals surface area contributed by atoms with Crippen LogP contribution in [0.4, 0.5) is 0 Å². The van der Waals surface area contributed by atoms with Gasteiger partial charge in [0, 0.05) is 16.2 Å². The average Bonchev–Trinajstić information content (AvgIpc) is 2.33. The molecule has 1 fully saturated rings. The molecule has 0 heterocycles. The van der Waals surface area contributed by atoms with E-state index in [0.717, 1.165) is 11.3 Å². The van der Waals surface area contributed by atoms with Crippen LogP contribution in [0.2, 0.25) is 0 Å². The number of nitrogens with one attached hydrogen (secondary N) is 1. The highest BCUT2D eigenvalue weighted by Crippen LogP contribution is 2.33. The number of aryl methyl sites for hydroxylation is 1. The lowest BCUT2D eigenvalue weighted by Crippen LogP contribution is -2.30. The maximum absolute atomic E-state index is 3.39. The number of benzene rings is 1. The molecule has 1 aliphatic rings. The molecule has 88 valence electrons. The SMILES string of the molecule is CNC1CCC(Sc2ccc(C)cc2)CC1. The van der Waals surface area contributed by atoms with Gasteiger partial charge in [-0.15, -0.1) is 11.8 Å². The van der Waals surface area contributed by atoms with Crippen molar-refractivity contribution in [1.29, 1.82) is 0 Å². The lowest BCUT2D eigenvalue weighted by atomic mass is 9.95. The fourth-order valence-corrected chi connectivity index (χ4v) is 3.46. The van der Waals surface area contributed by atoms with Gasteiger partial charge in [-0.25, -0.2) is 0 Å². The Morgan fingerprint density at radius 3 is 2.25 bits per heavy atom. The van der Waals surface area contributed by atoms with Crippen LogP contribution in [0, 0.1) is 6.92 Å². The molecule has 0 spiro atoms. The summed E-state index contributed by atoms with van der Waals surface area (Å²) < 4.78 is 0. The van der Waals surface area contributed by atoms with Gasteiger partial charge in [0.05, 0.1) is 0 Å². The Kier molecular flexibility index (Phi) is 4.30. The second-order valence-corrected chi connectivity index (χ2v) is 6.07. The van der Waals surface area contributed by atoms with E-state index in [0.29, 0.717) is 0 Å². The second-order valence-electron chi connectivity index (χ2n) is 4.69. The molecule has 1 aromatic rings. The van der Waals surface area contributed by atoms with Crippen molar-refractivity contribution in [3.8, 4) is 0 Å². The van der Waals surface area contributed by atoms with E-state index in [4.69, 9.17) is 0 Å². The molecule has 0 atom stereocenters. The van der Waals surface area contributed by atoms with Gasteiger partial charge >= 0.3 is 0 Å². The van der Waals surface area contributed by atoms with E-state index in [1.54, 1.807) is 0 Å². The van der Waals surface area contributed by atoms with Gasteiger partial charge in [0.1, 0.15) is 0 Å². The highest BCUT2D eigenvalue weighted by Gasteiger charge is 2.20. The summed E-state index contributed by atoms with van der Waals surface area (Å²) in [6.45, 7) is 2.15. The summed E-state index contributed by atoms with van der Waals surface area (Å²) in [4.78, 5) is 1.43. The Bertz CT molecular complexity index is 312. The van der Waals surface area contributed by atoms with E-state index in [-0.39, 0.29) is 0 Å². The van der Waals surface area contributed by atoms with Crippen molar-refractivity contribution >= 4 is 11.8 Å². The first-order chi connectivity index (χ1) is 7.78. The quantitative estimate of drug-likeness (QED) is 0.859. The lowest BCUT2D eigenvalue weighted by molar-refractivity contribution is 0.401. The fraction of sp³-hybridized carbons (Fsp3) is 0.571. The molecule has 1 nitrogen and oxygen atoms in total. The number of hydrogen-bond donors (Lipinski definition) is 1. The molecule has 0 aliphatic heterocycles. The van der Waals surface area contributed by atoms with Crippen LogP contribution in [0.25, 0.3) is 0 Å². The second kappa shape index (κ2) is 5.74. The van der Waals surface area contributed by atoms with Gasteiger partial charge in [-0.1, -0.05) is 17.7 Å². The van der Waals surface area contributed by atoms with Crippen LogP contribution in [0.15, 0.2) is 29.2 Å². The Morgan fingerprint density at radius 2 is 1.69 bits per heavy atom. The van der Waals surface area contributed by atoms with E-state index in [1.807, 2.05) is 0 Å². The number of thioether (sulfide) groups is 1. The van der Waals surface area contributed by atoms with Crippen LogP contribution in [0.3, 0.4) is 0 Å². The van der Waals surface area contributed by atoms with Crippen LogP contribution in [0.1, 0.15) is 31.2 Å². The monoisotopic (exact) mass is 235 g/mol. The normalized spacial score (nSPS) is 25.6. The molecule has 1 saturated carbocycles. The fourth-order valence-electron chi connectivity index (χ4n) is 2.28. The Balaban J connectivity index is 1.84. The van der Waals surface area contributed by atoms with E-state index >= 15 is 0 Å². The molecule has 0 amide bonds. The Hall–Kier alpha value is -0.470. The predicted octanol–water partition coefficient (Wildman–Crippen LogP) is 3.62. The number of rotatable bonds is 3. The first kappa shape index (κ1) is 12.0. The highest BCUT2D eigenvalue weighted by atomic mass is 32.2. The molecule has 16 heavy (non-hydrogen) atoms. The van der Waals surface area contributed by atoms with Gasteiger partial charge in [0.15, 0.2) is 0 Å². The van der Waals surface area contributed by atoms with E-state index in [1.165, 1.54) is 36.1 Å². The largest absolute Gasteiger partial charge is 0.317 e. The van der Waals surface area contributed by atoms with Crippen LogP contribution in [-0.4, -0.2) is 18.3 Å². The Morgan fingerprint density at radius 1 is 1.06 bits per heavy atom. The van der Waals surface area contributed by atoms with Crippen molar-refractivity contribution in [2.24, 2.45) is 0 Å². The Labute approximate surface area is 103 Å². The third-order valence-electron chi connectivity index (χ3n) is 3.41. The summed E-state index contributed by atoms with van der Waals surface area (Å²) in [5, 5.41) is 4.21. The van der Waals surface area contributed by atoms with Gasteiger partial charge in [0.25, 0.3) is 0 Å². The van der Waals surface area contributed by atoms with Crippen LogP contribution in [-0.2, 0) is 0 Å². The smallest absolute Gasteiger partial charge is 0.00955 e. The molecule has 0 aromatic heterocycles. The highest BCUT2D eigenvalue weighted by molar-refractivity contribution is 8.00. The van der Waals surface area contributed by atoms with E-state index < -0.39 is 0 Å². The molecular weight excluding hydrogens is 214 g/mol. The van der Waals surface area contributed by atoms with E-state index in [2.05, 4.69) is 55.3 Å². The van der Waals surface area contributed by atoms with Crippen molar-refractivity contribution in [2.45, 2.75) is 48.8 Å². The first-order valence-electron chi connectivity index (χ1n) is 6.18. The zero-order valence-corrected chi connectivity index (χ0v) is 11.0. The molecule has 0 unspecified atom stereocenters. The van der Waals surface area contributed by atoms with E-state index in [9.17, 15) is 0 Å². The zero-order chi connectivity index (χ0) is 11.4. The van der Waals surface area contributed by atoms with Crippen molar-refractivity contribution in [3.05, 3.63) is 29.8 Å². The first-order valence-corrected chi connectivity index (χ1v) is 7.06. The molecule has 0 bridgehead atoms. The minimum atomic E-state index is 0.759. The molecule has 1 aliphatic carbocycles. The maximum atomic E-state index is 3.39. The summed E-state index contributed by atoms with van der Waals surface area (Å²) in [5.41, 5.74) is 1.35. The molecule has 0 radical (unpaired) electrons. The minimum absolute atomic E-state index is 0.759. The summed E-state index contributed by atoms with van der Waals surface area (Å²) in [6, 6.07) is 9.69. The van der Waals surface area contributed by atoms with Crippen molar-refractivity contribution in [2.75, 3.05) is 7.05 Å². The molecule has 0 saturated heterocycles. The van der Waals surface area contributed by atoms with Gasteiger partial charge < -0.3 is 5.32 Å². The van der Waals surface area contributed by atoms with Gasteiger partial charge in [-0.3, -0.25) is 0 Å². The molecule has 1 N–H and O–H groups in total. The topological polar surface area (TPSA) is 12.0 Å². The summed E-state index contributed by atoms with van der Waals surface area (Å²) in [5.74, 6) is 0. The third kappa shape index (κ3) is 3.26. The number of hydrogen-bond acceptors (Lipinski definition) is 2. The van der Waals surface area contributed by atoms with Crippen molar-refractivity contribution in [1.82, 2.24) is 5.32 Å². The standard InChI is InChI=1S/C14H21NS/c1-11-3-7-13(8-4-11)16-14-9-5-12(15-2)6-10-14/h3-4,7-8,12,14-15H,5-6,9-10H2,1-2H3. The molecule has 1 aromatic carbocycles. The summed E-state index contributed by atoms with van der Waals surface area (Å²) in [7, 11) is 2.08. The van der Waals surface area contributed by atoms with Crippen LogP contribution >= 0.6 is 11.8 Å². The summed E-state index contributed by atoms with van der Waals surface area (Å²) in [6.07, 6.45) is 5.37.